The molecule has 1 heterocycles. The molecule has 7 nitrogen and oxygen atoms in total. The van der Waals surface area contributed by atoms with E-state index in [1.54, 1.807) is 6.20 Å². The molecule has 3 rings (SSSR count). The van der Waals surface area contributed by atoms with Crippen LogP contribution in [0, 0.1) is 6.92 Å². The van der Waals surface area contributed by atoms with Gasteiger partial charge in [-0.25, -0.2) is 12.7 Å². The number of sulfonamides is 1. The predicted octanol–water partition coefficient (Wildman–Crippen LogP) is 2.81. The molecule has 8 heteroatoms. The molecule has 0 fully saturated rings. The first-order chi connectivity index (χ1) is 13.3. The molecule has 0 aliphatic heterocycles. The Labute approximate surface area is 164 Å². The van der Waals surface area contributed by atoms with Crippen LogP contribution < -0.4 is 10.1 Å². The van der Waals surface area contributed by atoms with Gasteiger partial charge in [0.15, 0.2) is 6.61 Å². The zero-order chi connectivity index (χ0) is 20.3. The van der Waals surface area contributed by atoms with E-state index in [2.05, 4.69) is 10.3 Å². The van der Waals surface area contributed by atoms with Gasteiger partial charge in [0.05, 0.1) is 16.1 Å². The third-order valence-corrected chi connectivity index (χ3v) is 6.06. The number of fused-ring (bicyclic) bond motifs is 1. The van der Waals surface area contributed by atoms with E-state index in [0.717, 1.165) is 20.8 Å². The van der Waals surface area contributed by atoms with Gasteiger partial charge in [-0.15, -0.1) is 0 Å². The summed E-state index contributed by atoms with van der Waals surface area (Å²) in [5.41, 5.74) is 2.42. The average molecular weight is 399 g/mol. The van der Waals surface area contributed by atoms with Crippen LogP contribution >= 0.6 is 0 Å². The molecule has 28 heavy (non-hydrogen) atoms. The SMILES string of the molecule is Cc1ccc2ncccc2c1NC(=O)COc1ccc(S(=O)(=O)N(C)C)cc1. The molecule has 0 bridgehead atoms. The topological polar surface area (TPSA) is 88.6 Å². The van der Waals surface area contributed by atoms with Crippen LogP contribution in [0.3, 0.4) is 0 Å². The van der Waals surface area contributed by atoms with E-state index >= 15 is 0 Å². The van der Waals surface area contributed by atoms with Gasteiger partial charge in [0.25, 0.3) is 5.91 Å². The van der Waals surface area contributed by atoms with Crippen molar-refractivity contribution < 1.29 is 17.9 Å². The van der Waals surface area contributed by atoms with Crippen LogP contribution in [0.25, 0.3) is 10.9 Å². The number of hydrogen-bond acceptors (Lipinski definition) is 5. The van der Waals surface area contributed by atoms with Gasteiger partial charge in [-0.1, -0.05) is 6.07 Å². The summed E-state index contributed by atoms with van der Waals surface area (Å²) in [4.78, 5) is 16.8. The molecular formula is C20H21N3O4S. The van der Waals surface area contributed by atoms with Crippen molar-refractivity contribution in [1.82, 2.24) is 9.29 Å². The van der Waals surface area contributed by atoms with E-state index in [9.17, 15) is 13.2 Å². The molecule has 0 unspecified atom stereocenters. The molecular weight excluding hydrogens is 378 g/mol. The summed E-state index contributed by atoms with van der Waals surface area (Å²) in [7, 11) is -0.564. The summed E-state index contributed by atoms with van der Waals surface area (Å²) >= 11 is 0. The number of benzene rings is 2. The number of aromatic nitrogens is 1. The van der Waals surface area contributed by atoms with Crippen molar-refractivity contribution in [3.8, 4) is 5.75 Å². The van der Waals surface area contributed by atoms with Crippen molar-refractivity contribution in [2.75, 3.05) is 26.0 Å². The molecule has 146 valence electrons. The fourth-order valence-electron chi connectivity index (χ4n) is 2.67. The van der Waals surface area contributed by atoms with Gasteiger partial charge in [0.2, 0.25) is 10.0 Å². The summed E-state index contributed by atoms with van der Waals surface area (Å²) in [6.45, 7) is 1.71. The molecule has 0 saturated heterocycles. The fourth-order valence-corrected chi connectivity index (χ4v) is 3.57. The molecule has 1 aromatic heterocycles. The Bertz CT molecular complexity index is 1110. The molecule has 2 aromatic carbocycles. The quantitative estimate of drug-likeness (QED) is 0.689. The number of anilines is 1. The summed E-state index contributed by atoms with van der Waals surface area (Å²) in [5.74, 6) is 0.0913. The third-order valence-electron chi connectivity index (χ3n) is 4.23. The number of nitrogens with one attached hydrogen (secondary N) is 1. The maximum Gasteiger partial charge on any atom is 0.262 e. The van der Waals surface area contributed by atoms with E-state index in [4.69, 9.17) is 4.74 Å². The highest BCUT2D eigenvalue weighted by Gasteiger charge is 2.17. The number of carbonyl (C=O) groups is 1. The Kier molecular flexibility index (Phi) is 5.62. The first-order valence-corrected chi connectivity index (χ1v) is 10.0. The molecule has 0 radical (unpaired) electrons. The minimum atomic E-state index is -3.50. The van der Waals surface area contributed by atoms with Crippen LogP contribution in [0.15, 0.2) is 59.6 Å². The van der Waals surface area contributed by atoms with Gasteiger partial charge in [-0.3, -0.25) is 9.78 Å². The van der Waals surface area contributed by atoms with E-state index in [1.807, 2.05) is 31.2 Å². The predicted molar refractivity (Wildman–Crippen MR) is 108 cm³/mol. The monoisotopic (exact) mass is 399 g/mol. The van der Waals surface area contributed by atoms with Crippen molar-refractivity contribution in [2.24, 2.45) is 0 Å². The second-order valence-corrected chi connectivity index (χ2v) is 8.58. The van der Waals surface area contributed by atoms with E-state index in [0.29, 0.717) is 11.4 Å². The van der Waals surface area contributed by atoms with Gasteiger partial charge in [-0.2, -0.15) is 0 Å². The lowest BCUT2D eigenvalue weighted by Gasteiger charge is -2.13. The average Bonchev–Trinajstić information content (AvgIpc) is 2.69. The highest BCUT2D eigenvalue weighted by atomic mass is 32.2. The molecule has 0 aliphatic carbocycles. The van der Waals surface area contributed by atoms with Crippen LogP contribution in [0.2, 0.25) is 0 Å². The summed E-state index contributed by atoms with van der Waals surface area (Å²) in [6.07, 6.45) is 1.70. The van der Waals surface area contributed by atoms with E-state index in [-0.39, 0.29) is 17.4 Å². The second kappa shape index (κ2) is 7.95. The van der Waals surface area contributed by atoms with Crippen molar-refractivity contribution in [2.45, 2.75) is 11.8 Å². The lowest BCUT2D eigenvalue weighted by Crippen LogP contribution is -2.22. The Hall–Kier alpha value is -2.97. The number of carbonyl (C=O) groups excluding carboxylic acids is 1. The van der Waals surface area contributed by atoms with Gasteiger partial charge >= 0.3 is 0 Å². The van der Waals surface area contributed by atoms with Crippen molar-refractivity contribution in [3.63, 3.8) is 0 Å². The van der Waals surface area contributed by atoms with Gasteiger partial charge in [0, 0.05) is 25.7 Å². The normalized spacial score (nSPS) is 11.6. The lowest BCUT2D eigenvalue weighted by atomic mass is 10.1. The molecule has 0 aliphatic rings. The number of aryl methyl sites for hydroxylation is 1. The van der Waals surface area contributed by atoms with Crippen molar-refractivity contribution in [1.29, 1.82) is 0 Å². The zero-order valence-corrected chi connectivity index (χ0v) is 16.7. The number of nitrogens with zero attached hydrogens (tertiary/aromatic N) is 2. The molecule has 3 aromatic rings. The number of amides is 1. The number of hydrogen-bond donors (Lipinski definition) is 1. The fraction of sp³-hybridized carbons (Fsp3) is 0.200. The van der Waals surface area contributed by atoms with Crippen LogP contribution in [0.4, 0.5) is 5.69 Å². The number of pyridine rings is 1. The Morgan fingerprint density at radius 2 is 1.82 bits per heavy atom. The largest absolute Gasteiger partial charge is 0.484 e. The zero-order valence-electron chi connectivity index (χ0n) is 15.8. The van der Waals surface area contributed by atoms with Crippen LogP contribution in [-0.2, 0) is 14.8 Å². The summed E-state index contributed by atoms with van der Waals surface area (Å²) < 4.78 is 30.8. The Morgan fingerprint density at radius 3 is 2.50 bits per heavy atom. The minimum absolute atomic E-state index is 0.160. The van der Waals surface area contributed by atoms with Crippen LogP contribution in [0.1, 0.15) is 5.56 Å². The smallest absolute Gasteiger partial charge is 0.262 e. The van der Waals surface area contributed by atoms with Gasteiger partial charge in [-0.05, 0) is 55.0 Å². The van der Waals surface area contributed by atoms with Crippen LogP contribution in [0.5, 0.6) is 5.75 Å². The van der Waals surface area contributed by atoms with Crippen molar-refractivity contribution >= 4 is 32.5 Å². The van der Waals surface area contributed by atoms with Gasteiger partial charge in [0.1, 0.15) is 5.75 Å². The minimum Gasteiger partial charge on any atom is -0.484 e. The van der Waals surface area contributed by atoms with E-state index in [1.165, 1.54) is 38.4 Å². The van der Waals surface area contributed by atoms with Crippen LogP contribution in [-0.4, -0.2) is 44.3 Å². The first kappa shape index (κ1) is 19.8. The lowest BCUT2D eigenvalue weighted by molar-refractivity contribution is -0.118. The number of rotatable bonds is 6. The molecule has 1 N–H and O–H groups in total. The molecule has 0 saturated carbocycles. The Morgan fingerprint density at radius 1 is 1.11 bits per heavy atom. The van der Waals surface area contributed by atoms with E-state index < -0.39 is 10.0 Å². The first-order valence-electron chi connectivity index (χ1n) is 8.58. The summed E-state index contributed by atoms with van der Waals surface area (Å²) in [5, 5.41) is 3.72. The molecule has 1 amide bonds. The highest BCUT2D eigenvalue weighted by Crippen LogP contribution is 2.25. The maximum absolute atomic E-state index is 12.3. The standard InChI is InChI=1S/C20H21N3O4S/c1-14-6-11-18-17(5-4-12-21-18)20(14)22-19(24)13-27-15-7-9-16(10-8-15)28(25,26)23(2)3/h4-12H,13H2,1-3H3,(H,22,24). The molecule has 0 atom stereocenters. The number of ether oxygens (including phenoxy) is 1. The Balaban J connectivity index is 1.68. The van der Waals surface area contributed by atoms with Gasteiger partial charge < -0.3 is 10.1 Å². The maximum atomic E-state index is 12.3. The molecule has 0 spiro atoms. The van der Waals surface area contributed by atoms with Crippen molar-refractivity contribution in [3.05, 3.63) is 60.3 Å². The third kappa shape index (κ3) is 4.13. The second-order valence-electron chi connectivity index (χ2n) is 6.42. The summed E-state index contributed by atoms with van der Waals surface area (Å²) in [6, 6.07) is 13.5. The highest BCUT2D eigenvalue weighted by molar-refractivity contribution is 7.89.